The molecular formula is C18H26O4Si. The molecule has 1 aliphatic heterocycles. The number of esters is 1. The number of ether oxygens (including phenoxy) is 2. The molecule has 126 valence electrons. The Labute approximate surface area is 139 Å². The van der Waals surface area contributed by atoms with Gasteiger partial charge in [-0.1, -0.05) is 20.8 Å². The second kappa shape index (κ2) is 5.26. The Morgan fingerprint density at radius 1 is 1.30 bits per heavy atom. The van der Waals surface area contributed by atoms with Gasteiger partial charge in [0, 0.05) is 11.5 Å². The normalized spacial score (nSPS) is 25.2. The summed E-state index contributed by atoms with van der Waals surface area (Å²) in [5.74, 6) is 1.60. The first-order chi connectivity index (χ1) is 10.7. The van der Waals surface area contributed by atoms with Crippen molar-refractivity contribution in [2.45, 2.75) is 57.8 Å². The van der Waals surface area contributed by atoms with E-state index < -0.39 is 8.32 Å². The molecule has 23 heavy (non-hydrogen) atoms. The van der Waals surface area contributed by atoms with Crippen LogP contribution in [-0.2, 0) is 9.53 Å². The maximum atomic E-state index is 11.9. The van der Waals surface area contributed by atoms with Gasteiger partial charge in [0.05, 0.1) is 6.61 Å². The lowest BCUT2D eigenvalue weighted by molar-refractivity contribution is -0.145. The van der Waals surface area contributed by atoms with Crippen LogP contribution >= 0.6 is 0 Å². The molecule has 3 rings (SSSR count). The highest BCUT2D eigenvalue weighted by Gasteiger charge is 2.63. The van der Waals surface area contributed by atoms with Crippen LogP contribution in [-0.4, -0.2) is 27.0 Å². The molecule has 1 aromatic rings. The van der Waals surface area contributed by atoms with Crippen LogP contribution in [0, 0.1) is 5.92 Å². The van der Waals surface area contributed by atoms with Crippen molar-refractivity contribution in [1.82, 2.24) is 0 Å². The summed E-state index contributed by atoms with van der Waals surface area (Å²) in [7, 11) is -1.87. The summed E-state index contributed by atoms with van der Waals surface area (Å²) in [4.78, 5) is 11.9. The van der Waals surface area contributed by atoms with Crippen LogP contribution in [0.4, 0.5) is 0 Å². The zero-order valence-corrected chi connectivity index (χ0v) is 15.8. The minimum Gasteiger partial charge on any atom is -0.543 e. The Bertz CT molecular complexity index is 632. The molecule has 2 aliphatic rings. The fourth-order valence-electron chi connectivity index (χ4n) is 2.87. The molecule has 4 nitrogen and oxygen atoms in total. The molecule has 0 bridgehead atoms. The Hall–Kier alpha value is -1.49. The van der Waals surface area contributed by atoms with Gasteiger partial charge in [-0.3, -0.25) is 4.79 Å². The third-order valence-corrected chi connectivity index (χ3v) is 9.65. The lowest BCUT2D eigenvalue weighted by Gasteiger charge is -2.36. The van der Waals surface area contributed by atoms with Gasteiger partial charge in [0.2, 0.25) is 8.32 Å². The highest BCUT2D eigenvalue weighted by molar-refractivity contribution is 6.74. The molecule has 1 saturated carbocycles. The first-order valence-corrected chi connectivity index (χ1v) is 11.2. The Morgan fingerprint density at radius 2 is 2.00 bits per heavy atom. The molecule has 1 fully saturated rings. The summed E-state index contributed by atoms with van der Waals surface area (Å²) < 4.78 is 17.4. The molecule has 0 aromatic heterocycles. The largest absolute Gasteiger partial charge is 0.543 e. The van der Waals surface area contributed by atoms with Crippen LogP contribution < -0.4 is 9.16 Å². The van der Waals surface area contributed by atoms with E-state index in [2.05, 4.69) is 39.9 Å². The van der Waals surface area contributed by atoms with E-state index in [4.69, 9.17) is 13.9 Å². The standard InChI is InChI=1S/C18H26O4Si/c1-7-20-17(19)15-14-12-10-11(8-9-13(12)21-16(14)15)22-23(5,6)18(2,3)4/h8-10,14-16H,7H2,1-6H3. The molecule has 0 amide bonds. The minimum atomic E-state index is -1.87. The van der Waals surface area contributed by atoms with Crippen LogP contribution in [0.25, 0.3) is 0 Å². The van der Waals surface area contributed by atoms with E-state index in [1.807, 2.05) is 19.1 Å². The monoisotopic (exact) mass is 334 g/mol. The fraction of sp³-hybridized carbons (Fsp3) is 0.611. The van der Waals surface area contributed by atoms with Crippen molar-refractivity contribution in [3.8, 4) is 11.5 Å². The molecule has 0 N–H and O–H groups in total. The van der Waals surface area contributed by atoms with Gasteiger partial charge in [-0.15, -0.1) is 0 Å². The number of hydrogen-bond donors (Lipinski definition) is 0. The Morgan fingerprint density at radius 3 is 2.61 bits per heavy atom. The first kappa shape index (κ1) is 16.4. The number of fused-ring (bicyclic) bond motifs is 3. The molecule has 0 spiro atoms. The van der Waals surface area contributed by atoms with E-state index >= 15 is 0 Å². The molecule has 5 heteroatoms. The number of carbonyl (C=O) groups is 1. The van der Waals surface area contributed by atoms with E-state index in [1.54, 1.807) is 0 Å². The molecule has 3 atom stereocenters. The van der Waals surface area contributed by atoms with Crippen LogP contribution in [0.15, 0.2) is 18.2 Å². The molecule has 0 saturated heterocycles. The maximum Gasteiger partial charge on any atom is 0.313 e. The smallest absolute Gasteiger partial charge is 0.313 e. The van der Waals surface area contributed by atoms with Crippen molar-refractivity contribution in [2.24, 2.45) is 5.92 Å². The average Bonchev–Trinajstić information content (AvgIpc) is 3.02. The van der Waals surface area contributed by atoms with Gasteiger partial charge in [0.1, 0.15) is 23.5 Å². The Kier molecular flexibility index (Phi) is 3.75. The van der Waals surface area contributed by atoms with Crippen LogP contribution in [0.5, 0.6) is 11.5 Å². The van der Waals surface area contributed by atoms with Crippen LogP contribution in [0.3, 0.4) is 0 Å². The van der Waals surface area contributed by atoms with Crippen LogP contribution in [0.1, 0.15) is 39.2 Å². The van der Waals surface area contributed by atoms with Gasteiger partial charge in [-0.05, 0) is 43.3 Å². The van der Waals surface area contributed by atoms with Gasteiger partial charge in [-0.25, -0.2) is 0 Å². The fourth-order valence-corrected chi connectivity index (χ4v) is 3.89. The highest BCUT2D eigenvalue weighted by atomic mass is 28.4. The van der Waals surface area contributed by atoms with Crippen molar-refractivity contribution in [2.75, 3.05) is 6.61 Å². The number of carbonyl (C=O) groups excluding carboxylic acids is 1. The van der Waals surface area contributed by atoms with Crippen molar-refractivity contribution in [1.29, 1.82) is 0 Å². The molecular weight excluding hydrogens is 308 g/mol. The number of hydrogen-bond acceptors (Lipinski definition) is 4. The molecule has 1 heterocycles. The van der Waals surface area contributed by atoms with E-state index in [-0.39, 0.29) is 28.9 Å². The summed E-state index contributed by atoms with van der Waals surface area (Å²) in [5, 5.41) is 0.151. The molecule has 1 aliphatic carbocycles. The van der Waals surface area contributed by atoms with Crippen molar-refractivity contribution in [3.63, 3.8) is 0 Å². The van der Waals surface area contributed by atoms with E-state index in [0.717, 1.165) is 17.1 Å². The summed E-state index contributed by atoms with van der Waals surface area (Å²) >= 11 is 0. The summed E-state index contributed by atoms with van der Waals surface area (Å²) in [5.41, 5.74) is 1.09. The van der Waals surface area contributed by atoms with E-state index in [0.29, 0.717) is 6.61 Å². The van der Waals surface area contributed by atoms with Crippen molar-refractivity contribution in [3.05, 3.63) is 23.8 Å². The van der Waals surface area contributed by atoms with Gasteiger partial charge in [0.15, 0.2) is 0 Å². The quantitative estimate of drug-likeness (QED) is 0.614. The topological polar surface area (TPSA) is 44.8 Å². The second-order valence-corrected chi connectivity index (χ2v) is 12.7. The van der Waals surface area contributed by atoms with Gasteiger partial charge in [0.25, 0.3) is 0 Å². The van der Waals surface area contributed by atoms with Crippen molar-refractivity contribution >= 4 is 14.3 Å². The van der Waals surface area contributed by atoms with Crippen LogP contribution in [0.2, 0.25) is 18.1 Å². The van der Waals surface area contributed by atoms with Gasteiger partial charge in [-0.2, -0.15) is 0 Å². The second-order valence-electron chi connectivity index (χ2n) is 7.95. The van der Waals surface area contributed by atoms with Crippen molar-refractivity contribution < 1.29 is 18.7 Å². The first-order valence-electron chi connectivity index (χ1n) is 8.32. The number of benzene rings is 1. The minimum absolute atomic E-state index is 0.0489. The number of rotatable bonds is 4. The zero-order valence-electron chi connectivity index (χ0n) is 14.8. The van der Waals surface area contributed by atoms with Gasteiger partial charge < -0.3 is 13.9 Å². The third kappa shape index (κ3) is 2.75. The lowest BCUT2D eigenvalue weighted by atomic mass is 10.1. The molecule has 3 unspecified atom stereocenters. The van der Waals surface area contributed by atoms with E-state index in [9.17, 15) is 4.79 Å². The summed E-state index contributed by atoms with van der Waals surface area (Å²) in [6, 6.07) is 6.00. The Balaban J connectivity index is 1.78. The molecule has 1 aromatic carbocycles. The summed E-state index contributed by atoms with van der Waals surface area (Å²) in [6.07, 6.45) is -0.0489. The maximum absolute atomic E-state index is 11.9. The zero-order chi connectivity index (χ0) is 17.0. The highest BCUT2D eigenvalue weighted by Crippen LogP contribution is 2.59. The predicted octanol–water partition coefficient (Wildman–Crippen LogP) is 4.11. The summed E-state index contributed by atoms with van der Waals surface area (Å²) in [6.45, 7) is 13.4. The lowest BCUT2D eigenvalue weighted by Crippen LogP contribution is -2.43. The van der Waals surface area contributed by atoms with Gasteiger partial charge >= 0.3 is 5.97 Å². The SMILES string of the molecule is CCOC(=O)C1C2Oc3ccc(O[Si](C)(C)C(C)(C)C)cc3C21. The van der Waals surface area contributed by atoms with E-state index in [1.165, 1.54) is 0 Å². The molecule has 0 radical (unpaired) electrons. The third-order valence-electron chi connectivity index (χ3n) is 5.30. The average molecular weight is 334 g/mol. The predicted molar refractivity (Wildman–Crippen MR) is 91.5 cm³/mol.